The number of unbranched alkanes of at least 4 members (excludes halogenated alkanes) is 1. The number of hydrogen-bond donors (Lipinski definition) is 5. The minimum Gasteiger partial charge on any atom is -0.380 e. The average Bonchev–Trinajstić information content (AvgIpc) is 3.36. The Hall–Kier alpha value is -3.80. The highest BCUT2D eigenvalue weighted by atomic mass is 16.5. The van der Waals surface area contributed by atoms with Gasteiger partial charge in [-0.15, -0.1) is 0 Å². The summed E-state index contributed by atoms with van der Waals surface area (Å²) in [5.74, 6) is -1.44. The molecule has 4 atom stereocenters. The second-order valence-electron chi connectivity index (χ2n) is 12.7. The lowest BCUT2D eigenvalue weighted by molar-refractivity contribution is -0.138. The number of carbonyl (C=O) groups excluding carboxylic acids is 4. The zero-order valence-electron chi connectivity index (χ0n) is 28.0. The van der Waals surface area contributed by atoms with Crippen LogP contribution in [-0.2, 0) is 36.8 Å². The van der Waals surface area contributed by atoms with Crippen LogP contribution in [0.3, 0.4) is 0 Å². The number of hydrogen-bond acceptors (Lipinski definition) is 7. The maximum atomic E-state index is 13.8. The van der Waals surface area contributed by atoms with Crippen LogP contribution in [0.1, 0.15) is 63.5 Å². The van der Waals surface area contributed by atoms with Crippen molar-refractivity contribution in [1.29, 1.82) is 0 Å². The lowest BCUT2D eigenvalue weighted by Gasteiger charge is -2.29. The van der Waals surface area contributed by atoms with Crippen LogP contribution in [0.2, 0.25) is 0 Å². The molecule has 0 unspecified atom stereocenters. The molecule has 0 bridgehead atoms. The van der Waals surface area contributed by atoms with E-state index in [-0.39, 0.29) is 11.8 Å². The van der Waals surface area contributed by atoms with E-state index < -0.39 is 41.9 Å². The summed E-state index contributed by atoms with van der Waals surface area (Å²) < 4.78 is 5.52. The molecule has 0 radical (unpaired) electrons. The fourth-order valence-corrected chi connectivity index (χ4v) is 5.65. The first-order valence-electron chi connectivity index (χ1n) is 17.0. The summed E-state index contributed by atoms with van der Waals surface area (Å²) in [5, 5.41) is 8.72. The molecule has 1 aliphatic rings. The number of nitrogens with zero attached hydrogens (tertiary/aromatic N) is 1. The molecule has 0 aromatic heterocycles. The molecule has 1 fully saturated rings. The summed E-state index contributed by atoms with van der Waals surface area (Å²) in [6, 6.07) is 15.7. The molecule has 0 aliphatic carbocycles. The van der Waals surface area contributed by atoms with Gasteiger partial charge in [0.15, 0.2) is 0 Å². The normalized spacial score (nSPS) is 16.0. The molecular weight excluding hydrogens is 596 g/mol. The van der Waals surface area contributed by atoms with E-state index in [4.69, 9.17) is 16.2 Å². The van der Waals surface area contributed by atoms with E-state index >= 15 is 0 Å². The van der Waals surface area contributed by atoms with Crippen LogP contribution in [0.5, 0.6) is 0 Å². The van der Waals surface area contributed by atoms with Gasteiger partial charge in [0.05, 0.1) is 12.6 Å². The first-order chi connectivity index (χ1) is 22.7. The molecular formula is C36H54N6O5. The van der Waals surface area contributed by atoms with Gasteiger partial charge in [0, 0.05) is 19.7 Å². The van der Waals surface area contributed by atoms with E-state index in [0.717, 1.165) is 24.0 Å². The average molecular weight is 651 g/mol. The predicted octanol–water partition coefficient (Wildman–Crippen LogP) is 2.07. The van der Waals surface area contributed by atoms with Crippen LogP contribution in [-0.4, -0.2) is 85.5 Å². The summed E-state index contributed by atoms with van der Waals surface area (Å²) in [4.78, 5) is 56.2. The van der Waals surface area contributed by atoms with Gasteiger partial charge in [0.2, 0.25) is 23.6 Å². The minimum absolute atomic E-state index is 0.0665. The van der Waals surface area contributed by atoms with Gasteiger partial charge in [-0.05, 0) is 75.0 Å². The Morgan fingerprint density at radius 2 is 1.38 bits per heavy atom. The van der Waals surface area contributed by atoms with Crippen molar-refractivity contribution in [2.45, 2.75) is 89.4 Å². The summed E-state index contributed by atoms with van der Waals surface area (Å²) in [5.41, 5.74) is 13.9. The van der Waals surface area contributed by atoms with Gasteiger partial charge in [-0.1, -0.05) is 74.5 Å². The summed E-state index contributed by atoms with van der Waals surface area (Å²) in [6.07, 6.45) is 4.09. The zero-order chi connectivity index (χ0) is 34.0. The molecule has 4 amide bonds. The quantitative estimate of drug-likeness (QED) is 0.154. The minimum atomic E-state index is -0.925. The van der Waals surface area contributed by atoms with Gasteiger partial charge in [0.25, 0.3) is 0 Å². The van der Waals surface area contributed by atoms with Gasteiger partial charge in [-0.25, -0.2) is 0 Å². The van der Waals surface area contributed by atoms with Gasteiger partial charge < -0.3 is 37.1 Å². The van der Waals surface area contributed by atoms with E-state index in [1.54, 1.807) is 4.90 Å². The Morgan fingerprint density at radius 1 is 0.766 bits per heavy atom. The second-order valence-corrected chi connectivity index (χ2v) is 12.7. The van der Waals surface area contributed by atoms with Crippen LogP contribution in [0.4, 0.5) is 0 Å². The number of aryl methyl sites for hydroxylation is 1. The van der Waals surface area contributed by atoms with Crippen molar-refractivity contribution >= 4 is 23.6 Å². The molecule has 0 spiro atoms. The van der Waals surface area contributed by atoms with Crippen molar-refractivity contribution in [2.75, 3.05) is 32.8 Å². The van der Waals surface area contributed by atoms with E-state index in [2.05, 4.69) is 16.0 Å². The van der Waals surface area contributed by atoms with Crippen LogP contribution < -0.4 is 27.4 Å². The van der Waals surface area contributed by atoms with Crippen LogP contribution in [0.15, 0.2) is 60.7 Å². The van der Waals surface area contributed by atoms with Crippen molar-refractivity contribution < 1.29 is 23.9 Å². The van der Waals surface area contributed by atoms with Crippen LogP contribution >= 0.6 is 0 Å². The summed E-state index contributed by atoms with van der Waals surface area (Å²) in [7, 11) is 0. The molecule has 0 saturated carbocycles. The van der Waals surface area contributed by atoms with Gasteiger partial charge >= 0.3 is 0 Å². The molecule has 1 saturated heterocycles. The van der Waals surface area contributed by atoms with E-state index in [1.165, 1.54) is 0 Å². The number of carbonyl (C=O) groups is 4. The van der Waals surface area contributed by atoms with Crippen molar-refractivity contribution in [2.24, 2.45) is 17.4 Å². The molecule has 7 N–H and O–H groups in total. The monoisotopic (exact) mass is 650 g/mol. The molecule has 11 heteroatoms. The lowest BCUT2D eigenvalue weighted by Crippen LogP contribution is -2.58. The van der Waals surface area contributed by atoms with Crippen LogP contribution in [0.25, 0.3) is 0 Å². The van der Waals surface area contributed by atoms with E-state index in [0.29, 0.717) is 71.4 Å². The summed E-state index contributed by atoms with van der Waals surface area (Å²) in [6.45, 7) is 6.48. The topological polar surface area (TPSA) is 169 Å². The maximum absolute atomic E-state index is 13.8. The first-order valence-corrected chi connectivity index (χ1v) is 17.0. The third-order valence-corrected chi connectivity index (χ3v) is 8.27. The highest BCUT2D eigenvalue weighted by molar-refractivity contribution is 5.94. The smallest absolute Gasteiger partial charge is 0.245 e. The van der Waals surface area contributed by atoms with Crippen LogP contribution in [0, 0.1) is 5.92 Å². The fourth-order valence-electron chi connectivity index (χ4n) is 5.65. The zero-order valence-corrected chi connectivity index (χ0v) is 28.0. The van der Waals surface area contributed by atoms with Gasteiger partial charge in [-0.3, -0.25) is 19.2 Å². The molecule has 11 nitrogen and oxygen atoms in total. The highest BCUT2D eigenvalue weighted by Crippen LogP contribution is 2.13. The Bertz CT molecular complexity index is 1240. The molecule has 2 aromatic carbocycles. The van der Waals surface area contributed by atoms with Crippen molar-refractivity contribution in [3.63, 3.8) is 0 Å². The number of benzene rings is 2. The van der Waals surface area contributed by atoms with Gasteiger partial charge in [-0.2, -0.15) is 0 Å². The summed E-state index contributed by atoms with van der Waals surface area (Å²) >= 11 is 0. The highest BCUT2D eigenvalue weighted by Gasteiger charge is 2.32. The van der Waals surface area contributed by atoms with Crippen molar-refractivity contribution in [1.82, 2.24) is 20.9 Å². The largest absolute Gasteiger partial charge is 0.380 e. The lowest BCUT2D eigenvalue weighted by atomic mass is 9.99. The van der Waals surface area contributed by atoms with Crippen molar-refractivity contribution in [3.05, 3.63) is 71.8 Å². The molecule has 47 heavy (non-hydrogen) atoms. The second kappa shape index (κ2) is 20.4. The Morgan fingerprint density at radius 3 is 2.04 bits per heavy atom. The molecule has 3 rings (SSSR count). The van der Waals surface area contributed by atoms with Crippen molar-refractivity contribution in [3.8, 4) is 0 Å². The number of ether oxygens (including phenoxy) is 1. The third-order valence-electron chi connectivity index (χ3n) is 8.27. The standard InChI is InChI=1S/C36H54N6O5/c1-26(2)24-32(35(45)40-31(16-9-10-19-37)36(46)42-20-11-22-47-23-21-42)41-34(44)30(18-17-27-12-5-3-6-13-27)39-33(43)29(38)25-28-14-7-4-8-15-28/h3-8,12-15,26,29-32H,9-11,16-25,37-38H2,1-2H3,(H,39,43)(H,40,45)(H,41,44)/t29-,30-,31-,32-/m1/s1. The number of nitrogens with two attached hydrogens (primary N) is 2. The first kappa shape index (κ1) is 37.7. The van der Waals surface area contributed by atoms with E-state index in [9.17, 15) is 19.2 Å². The molecule has 258 valence electrons. The number of rotatable bonds is 18. The molecule has 2 aromatic rings. The SMILES string of the molecule is CC(C)C[C@@H](NC(=O)[C@@H](CCc1ccccc1)NC(=O)[C@H](N)Cc1ccccc1)C(=O)N[C@H](CCCCN)C(=O)N1CCCOCC1. The number of nitrogens with one attached hydrogen (secondary N) is 3. The Balaban J connectivity index is 1.75. The predicted molar refractivity (Wildman–Crippen MR) is 183 cm³/mol. The third kappa shape index (κ3) is 13.5. The van der Waals surface area contributed by atoms with Gasteiger partial charge in [0.1, 0.15) is 18.1 Å². The Kier molecular flexibility index (Phi) is 16.4. The maximum Gasteiger partial charge on any atom is 0.245 e. The fraction of sp³-hybridized carbons (Fsp3) is 0.556. The van der Waals surface area contributed by atoms with E-state index in [1.807, 2.05) is 74.5 Å². The Labute approximate surface area is 279 Å². The molecule has 1 aliphatic heterocycles. The molecule has 1 heterocycles. The number of amides is 4.